The second-order valence-corrected chi connectivity index (χ2v) is 7.98. The predicted octanol–water partition coefficient (Wildman–Crippen LogP) is 5.62. The largest absolute Gasteiger partial charge is 0.496 e. The Kier molecular flexibility index (Phi) is 5.04. The Morgan fingerprint density at radius 1 is 1.07 bits per heavy atom. The molecule has 1 amide bonds. The lowest BCUT2D eigenvalue weighted by Gasteiger charge is -2.33. The second-order valence-electron chi connectivity index (χ2n) is 7.98. The Labute approximate surface area is 176 Å². The molecule has 1 aliphatic heterocycles. The van der Waals surface area contributed by atoms with E-state index in [1.807, 2.05) is 49.4 Å². The molecule has 0 saturated carbocycles. The van der Waals surface area contributed by atoms with Crippen LogP contribution >= 0.6 is 0 Å². The molecule has 0 aliphatic carbocycles. The van der Waals surface area contributed by atoms with Crippen molar-refractivity contribution in [3.05, 3.63) is 78.1 Å². The normalized spacial score (nSPS) is 14.2. The number of nitrogens with zero attached hydrogens (tertiary/aromatic N) is 1. The molecular weight excluding hydrogens is 374 g/mol. The van der Waals surface area contributed by atoms with Crippen molar-refractivity contribution < 1.29 is 9.53 Å². The summed E-state index contributed by atoms with van der Waals surface area (Å²) in [7, 11) is 1.64. The number of ether oxygens (including phenoxy) is 1. The summed E-state index contributed by atoms with van der Waals surface area (Å²) >= 11 is 0. The van der Waals surface area contributed by atoms with Gasteiger partial charge in [-0.3, -0.25) is 9.78 Å². The van der Waals surface area contributed by atoms with Crippen LogP contribution in [0.3, 0.4) is 0 Å². The van der Waals surface area contributed by atoms with Gasteiger partial charge in [-0.05, 0) is 56.2 Å². The number of aromatic nitrogens is 1. The number of nitrogens with one attached hydrogen (secondary N) is 2. The van der Waals surface area contributed by atoms with E-state index >= 15 is 0 Å². The maximum Gasteiger partial charge on any atom is 0.257 e. The highest BCUT2D eigenvalue weighted by Gasteiger charge is 2.29. The van der Waals surface area contributed by atoms with Gasteiger partial charge < -0.3 is 15.4 Å². The minimum Gasteiger partial charge on any atom is -0.496 e. The minimum absolute atomic E-state index is 0.185. The van der Waals surface area contributed by atoms with Crippen LogP contribution in [0.15, 0.2) is 67.0 Å². The number of carbonyl (C=O) groups is 1. The summed E-state index contributed by atoms with van der Waals surface area (Å²) in [5.41, 5.74) is 5.66. The SMILES string of the molecule is COc1ccccc1-c1ccc2c(c1C(=O)Nc1cccnc1)C(C)=CC(C)(C)N2. The quantitative estimate of drug-likeness (QED) is 0.598. The fourth-order valence-electron chi connectivity index (χ4n) is 4.07. The number of hydrogen-bond donors (Lipinski definition) is 2. The van der Waals surface area contributed by atoms with Crippen LogP contribution in [0.5, 0.6) is 5.75 Å². The highest BCUT2D eigenvalue weighted by atomic mass is 16.5. The molecule has 4 rings (SSSR count). The van der Waals surface area contributed by atoms with E-state index < -0.39 is 0 Å². The van der Waals surface area contributed by atoms with Crippen LogP contribution in [0.1, 0.15) is 36.7 Å². The summed E-state index contributed by atoms with van der Waals surface area (Å²) in [5.74, 6) is 0.536. The highest BCUT2D eigenvalue weighted by Crippen LogP contribution is 2.42. The van der Waals surface area contributed by atoms with E-state index in [9.17, 15) is 4.79 Å². The van der Waals surface area contributed by atoms with E-state index in [0.29, 0.717) is 11.3 Å². The van der Waals surface area contributed by atoms with Crippen molar-refractivity contribution in [2.24, 2.45) is 0 Å². The van der Waals surface area contributed by atoms with E-state index in [2.05, 4.69) is 35.5 Å². The van der Waals surface area contributed by atoms with E-state index in [-0.39, 0.29) is 11.4 Å². The zero-order valence-corrected chi connectivity index (χ0v) is 17.6. The Morgan fingerprint density at radius 2 is 1.87 bits per heavy atom. The van der Waals surface area contributed by atoms with Gasteiger partial charge in [0.25, 0.3) is 5.91 Å². The fourth-order valence-corrected chi connectivity index (χ4v) is 4.07. The van der Waals surface area contributed by atoms with Crippen molar-refractivity contribution in [2.75, 3.05) is 17.7 Å². The molecule has 2 aromatic carbocycles. The van der Waals surface area contributed by atoms with Gasteiger partial charge in [0.15, 0.2) is 0 Å². The Hall–Kier alpha value is -3.60. The molecule has 1 aliphatic rings. The molecule has 5 nitrogen and oxygen atoms in total. The molecule has 0 saturated heterocycles. The lowest BCUT2D eigenvalue weighted by Crippen LogP contribution is -2.32. The molecule has 0 spiro atoms. The van der Waals surface area contributed by atoms with E-state index in [4.69, 9.17) is 4.74 Å². The van der Waals surface area contributed by atoms with Gasteiger partial charge in [-0.15, -0.1) is 0 Å². The molecule has 0 bridgehead atoms. The third-order valence-electron chi connectivity index (χ3n) is 5.18. The maximum atomic E-state index is 13.6. The van der Waals surface area contributed by atoms with Gasteiger partial charge in [0.1, 0.15) is 5.75 Å². The van der Waals surface area contributed by atoms with Crippen LogP contribution in [-0.4, -0.2) is 23.5 Å². The first kappa shape index (κ1) is 19.7. The number of rotatable bonds is 4. The fraction of sp³-hybridized carbons (Fsp3) is 0.200. The maximum absolute atomic E-state index is 13.6. The molecule has 5 heteroatoms. The number of allylic oxidation sites excluding steroid dienone is 1. The van der Waals surface area contributed by atoms with Crippen LogP contribution in [-0.2, 0) is 0 Å². The number of para-hydroxylation sites is 1. The summed E-state index contributed by atoms with van der Waals surface area (Å²) in [5, 5.41) is 6.53. The molecule has 0 atom stereocenters. The van der Waals surface area contributed by atoms with E-state index in [1.165, 1.54) is 0 Å². The third kappa shape index (κ3) is 3.66. The summed E-state index contributed by atoms with van der Waals surface area (Å²) in [4.78, 5) is 17.7. The van der Waals surface area contributed by atoms with Crippen LogP contribution in [0.2, 0.25) is 0 Å². The third-order valence-corrected chi connectivity index (χ3v) is 5.18. The molecule has 2 N–H and O–H groups in total. The smallest absolute Gasteiger partial charge is 0.257 e. The molecule has 3 aromatic rings. The number of benzene rings is 2. The Morgan fingerprint density at radius 3 is 2.60 bits per heavy atom. The number of pyridine rings is 1. The summed E-state index contributed by atoms with van der Waals surface area (Å²) in [6.07, 6.45) is 5.47. The lowest BCUT2D eigenvalue weighted by molar-refractivity contribution is 0.102. The van der Waals surface area contributed by atoms with E-state index in [0.717, 1.165) is 33.7 Å². The molecule has 0 radical (unpaired) electrons. The number of amides is 1. The van der Waals surface area contributed by atoms with Gasteiger partial charge in [-0.1, -0.05) is 30.3 Å². The molecule has 2 heterocycles. The van der Waals surface area contributed by atoms with Crippen LogP contribution < -0.4 is 15.4 Å². The van der Waals surface area contributed by atoms with E-state index in [1.54, 1.807) is 25.6 Å². The topological polar surface area (TPSA) is 63.2 Å². The van der Waals surface area contributed by atoms with Gasteiger partial charge in [0.05, 0.1) is 30.1 Å². The van der Waals surface area contributed by atoms with Crippen molar-refractivity contribution in [3.8, 4) is 16.9 Å². The zero-order valence-electron chi connectivity index (χ0n) is 17.6. The molecule has 1 aromatic heterocycles. The van der Waals surface area contributed by atoms with Crippen molar-refractivity contribution >= 4 is 22.9 Å². The van der Waals surface area contributed by atoms with Crippen molar-refractivity contribution in [1.82, 2.24) is 4.98 Å². The zero-order chi connectivity index (χ0) is 21.3. The van der Waals surface area contributed by atoms with Gasteiger partial charge in [0, 0.05) is 23.0 Å². The highest BCUT2D eigenvalue weighted by molar-refractivity contribution is 6.14. The molecule has 0 fully saturated rings. The number of fused-ring (bicyclic) bond motifs is 1. The molecule has 0 unspecified atom stereocenters. The predicted molar refractivity (Wildman–Crippen MR) is 122 cm³/mol. The number of methoxy groups -OCH3 is 1. The van der Waals surface area contributed by atoms with Gasteiger partial charge in [0.2, 0.25) is 0 Å². The van der Waals surface area contributed by atoms with Crippen molar-refractivity contribution in [2.45, 2.75) is 26.3 Å². The number of anilines is 2. The Bertz CT molecular complexity index is 1130. The summed E-state index contributed by atoms with van der Waals surface area (Å²) < 4.78 is 5.58. The minimum atomic E-state index is -0.194. The first-order valence-corrected chi connectivity index (χ1v) is 9.89. The summed E-state index contributed by atoms with van der Waals surface area (Å²) in [6, 6.07) is 15.4. The monoisotopic (exact) mass is 399 g/mol. The van der Waals surface area contributed by atoms with Gasteiger partial charge >= 0.3 is 0 Å². The van der Waals surface area contributed by atoms with Crippen molar-refractivity contribution in [3.63, 3.8) is 0 Å². The molecule has 30 heavy (non-hydrogen) atoms. The van der Waals surface area contributed by atoms with Crippen LogP contribution in [0.4, 0.5) is 11.4 Å². The van der Waals surface area contributed by atoms with Crippen LogP contribution in [0, 0.1) is 0 Å². The van der Waals surface area contributed by atoms with Gasteiger partial charge in [-0.25, -0.2) is 0 Å². The molecule has 152 valence electrons. The Balaban J connectivity index is 1.93. The lowest BCUT2D eigenvalue weighted by atomic mass is 9.84. The van der Waals surface area contributed by atoms with Gasteiger partial charge in [-0.2, -0.15) is 0 Å². The summed E-state index contributed by atoms with van der Waals surface area (Å²) in [6.45, 7) is 6.28. The average molecular weight is 399 g/mol. The number of hydrogen-bond acceptors (Lipinski definition) is 4. The van der Waals surface area contributed by atoms with Crippen LogP contribution in [0.25, 0.3) is 16.7 Å². The number of carbonyl (C=O) groups excluding carboxylic acids is 1. The first-order chi connectivity index (χ1) is 14.4. The average Bonchev–Trinajstić information content (AvgIpc) is 2.72. The van der Waals surface area contributed by atoms with Crippen molar-refractivity contribution in [1.29, 1.82) is 0 Å². The second kappa shape index (κ2) is 7.67. The molecular formula is C25H25N3O2. The standard InChI is InChI=1S/C25H25N3O2/c1-16-14-25(2,3)28-20-12-11-19(18-9-5-6-10-21(18)30-4)23(22(16)20)24(29)27-17-8-7-13-26-15-17/h5-15,28H,1-4H3,(H,27,29). The first-order valence-electron chi connectivity index (χ1n) is 9.89.